The molecule has 1 aromatic heterocycles. The molecule has 172 valence electrons. The Morgan fingerprint density at radius 1 is 1.03 bits per heavy atom. The van der Waals surface area contributed by atoms with Gasteiger partial charge >= 0.3 is 6.09 Å². The van der Waals surface area contributed by atoms with Crippen molar-refractivity contribution in [1.29, 1.82) is 0 Å². The number of para-hydroxylation sites is 1. The Bertz CT molecular complexity index is 1170. The van der Waals surface area contributed by atoms with Gasteiger partial charge in [-0.3, -0.25) is 9.78 Å². The SMILES string of the molecule is CC(C)(C)OC(=O)N1CCN(c2ccc3ncc(C(N)=O)c(Nc4ccccc4)c3c2)CC1. The number of nitrogens with two attached hydrogens (primary N) is 1. The van der Waals surface area contributed by atoms with E-state index in [9.17, 15) is 9.59 Å². The number of fused-ring (bicyclic) bond motifs is 1. The van der Waals surface area contributed by atoms with Gasteiger partial charge in [0, 0.05) is 49.1 Å². The van der Waals surface area contributed by atoms with Crippen molar-refractivity contribution in [3.63, 3.8) is 0 Å². The minimum absolute atomic E-state index is 0.287. The van der Waals surface area contributed by atoms with Gasteiger partial charge in [0.05, 0.1) is 16.8 Å². The number of benzene rings is 2. The monoisotopic (exact) mass is 447 g/mol. The van der Waals surface area contributed by atoms with Crippen LogP contribution in [0.1, 0.15) is 31.1 Å². The third-order valence-corrected chi connectivity index (χ3v) is 5.46. The molecule has 3 aromatic rings. The molecule has 0 aliphatic carbocycles. The highest BCUT2D eigenvalue weighted by Crippen LogP contribution is 2.32. The number of anilines is 3. The molecule has 4 rings (SSSR count). The number of aromatic nitrogens is 1. The molecule has 33 heavy (non-hydrogen) atoms. The molecular formula is C25H29N5O3. The maximum absolute atomic E-state index is 12.4. The van der Waals surface area contributed by atoms with Crippen molar-refractivity contribution >= 4 is 40.0 Å². The normalized spacial score (nSPS) is 14.3. The molecule has 1 fully saturated rings. The number of ether oxygens (including phenoxy) is 1. The van der Waals surface area contributed by atoms with Crippen LogP contribution in [0.25, 0.3) is 10.9 Å². The lowest BCUT2D eigenvalue weighted by atomic mass is 10.1. The highest BCUT2D eigenvalue weighted by molar-refractivity contribution is 6.08. The van der Waals surface area contributed by atoms with Gasteiger partial charge < -0.3 is 25.6 Å². The van der Waals surface area contributed by atoms with Gasteiger partial charge in [0.15, 0.2) is 0 Å². The van der Waals surface area contributed by atoms with Crippen LogP contribution in [0.2, 0.25) is 0 Å². The Labute approximate surface area is 193 Å². The van der Waals surface area contributed by atoms with Crippen LogP contribution in [0.5, 0.6) is 0 Å². The molecule has 0 bridgehead atoms. The van der Waals surface area contributed by atoms with Crippen molar-refractivity contribution in [2.24, 2.45) is 5.73 Å². The largest absolute Gasteiger partial charge is 0.444 e. The van der Waals surface area contributed by atoms with E-state index < -0.39 is 11.5 Å². The van der Waals surface area contributed by atoms with E-state index in [0.29, 0.717) is 37.4 Å². The lowest BCUT2D eigenvalue weighted by Gasteiger charge is -2.36. The fourth-order valence-corrected chi connectivity index (χ4v) is 3.84. The van der Waals surface area contributed by atoms with Crippen molar-refractivity contribution < 1.29 is 14.3 Å². The molecule has 3 N–H and O–H groups in total. The first-order valence-corrected chi connectivity index (χ1v) is 11.0. The number of hydrogen-bond donors (Lipinski definition) is 2. The fourth-order valence-electron chi connectivity index (χ4n) is 3.84. The Hall–Kier alpha value is -3.81. The molecule has 0 radical (unpaired) electrons. The zero-order valence-corrected chi connectivity index (χ0v) is 19.2. The number of nitrogens with zero attached hydrogens (tertiary/aromatic N) is 3. The van der Waals surface area contributed by atoms with E-state index in [1.54, 1.807) is 4.90 Å². The zero-order chi connectivity index (χ0) is 23.6. The van der Waals surface area contributed by atoms with Crippen LogP contribution >= 0.6 is 0 Å². The molecule has 2 heterocycles. The van der Waals surface area contributed by atoms with Crippen LogP contribution in [0.4, 0.5) is 21.9 Å². The Morgan fingerprint density at radius 3 is 2.36 bits per heavy atom. The maximum atomic E-state index is 12.4. The molecular weight excluding hydrogens is 418 g/mol. The second-order valence-corrected chi connectivity index (χ2v) is 9.06. The van der Waals surface area contributed by atoms with E-state index in [-0.39, 0.29) is 6.09 Å². The van der Waals surface area contributed by atoms with Gasteiger partial charge in [0.1, 0.15) is 5.60 Å². The van der Waals surface area contributed by atoms with Crippen LogP contribution in [0.3, 0.4) is 0 Å². The van der Waals surface area contributed by atoms with Crippen LogP contribution in [0, 0.1) is 0 Å². The number of hydrogen-bond acceptors (Lipinski definition) is 6. The highest BCUT2D eigenvalue weighted by Gasteiger charge is 2.26. The molecule has 2 aromatic carbocycles. The molecule has 1 aliphatic rings. The molecule has 0 spiro atoms. The zero-order valence-electron chi connectivity index (χ0n) is 19.2. The summed E-state index contributed by atoms with van der Waals surface area (Å²) in [6.07, 6.45) is 1.22. The second-order valence-electron chi connectivity index (χ2n) is 9.06. The van der Waals surface area contributed by atoms with Crippen molar-refractivity contribution in [2.75, 3.05) is 36.4 Å². The molecule has 8 nitrogen and oxygen atoms in total. The number of rotatable bonds is 4. The number of pyridine rings is 1. The lowest BCUT2D eigenvalue weighted by molar-refractivity contribution is 0.0240. The van der Waals surface area contributed by atoms with Gasteiger partial charge in [-0.25, -0.2) is 4.79 Å². The van der Waals surface area contributed by atoms with Crippen molar-refractivity contribution in [1.82, 2.24) is 9.88 Å². The summed E-state index contributed by atoms with van der Waals surface area (Å²) >= 11 is 0. The van der Waals surface area contributed by atoms with Gasteiger partial charge in [-0.05, 0) is 51.1 Å². The highest BCUT2D eigenvalue weighted by atomic mass is 16.6. The van der Waals surface area contributed by atoms with E-state index in [4.69, 9.17) is 10.5 Å². The fraction of sp³-hybridized carbons (Fsp3) is 0.320. The number of piperazine rings is 1. The molecule has 8 heteroatoms. The quantitative estimate of drug-likeness (QED) is 0.624. The first-order valence-electron chi connectivity index (χ1n) is 11.0. The average Bonchev–Trinajstić information content (AvgIpc) is 2.78. The topological polar surface area (TPSA) is 101 Å². The summed E-state index contributed by atoms with van der Waals surface area (Å²) in [6, 6.07) is 15.6. The number of carbonyl (C=O) groups is 2. The summed E-state index contributed by atoms with van der Waals surface area (Å²) in [5, 5.41) is 4.15. The summed E-state index contributed by atoms with van der Waals surface area (Å²) in [5.74, 6) is -0.542. The van der Waals surface area contributed by atoms with Crippen LogP contribution < -0.4 is 16.0 Å². The van der Waals surface area contributed by atoms with Crippen LogP contribution in [-0.2, 0) is 4.74 Å². The van der Waals surface area contributed by atoms with Gasteiger partial charge in [0.25, 0.3) is 5.91 Å². The van der Waals surface area contributed by atoms with Crippen molar-refractivity contribution in [2.45, 2.75) is 26.4 Å². The summed E-state index contributed by atoms with van der Waals surface area (Å²) in [5.41, 5.74) is 8.70. The van der Waals surface area contributed by atoms with E-state index in [1.165, 1.54) is 6.20 Å². The Balaban J connectivity index is 1.61. The molecule has 2 amide bonds. The van der Waals surface area contributed by atoms with E-state index in [0.717, 1.165) is 22.3 Å². The van der Waals surface area contributed by atoms with E-state index in [1.807, 2.05) is 69.3 Å². The predicted octanol–water partition coefficient (Wildman–Crippen LogP) is 4.13. The third kappa shape index (κ3) is 5.16. The van der Waals surface area contributed by atoms with Crippen LogP contribution in [-0.4, -0.2) is 53.7 Å². The Kier molecular flexibility index (Phi) is 6.09. The third-order valence-electron chi connectivity index (χ3n) is 5.46. The first kappa shape index (κ1) is 22.4. The summed E-state index contributed by atoms with van der Waals surface area (Å²) in [7, 11) is 0. The molecule has 0 atom stereocenters. The molecule has 1 saturated heterocycles. The smallest absolute Gasteiger partial charge is 0.410 e. The van der Waals surface area contributed by atoms with Crippen LogP contribution in [0.15, 0.2) is 54.7 Å². The minimum Gasteiger partial charge on any atom is -0.444 e. The van der Waals surface area contributed by atoms with Gasteiger partial charge in [-0.1, -0.05) is 18.2 Å². The second kappa shape index (κ2) is 8.97. The predicted molar refractivity (Wildman–Crippen MR) is 130 cm³/mol. The van der Waals surface area contributed by atoms with Gasteiger partial charge in [0.2, 0.25) is 0 Å². The maximum Gasteiger partial charge on any atom is 0.410 e. The standard InChI is InChI=1S/C25H29N5O3/c1-25(2,3)33-24(32)30-13-11-29(12-14-30)18-9-10-21-19(15-18)22(20(16-27-21)23(26)31)28-17-7-5-4-6-8-17/h4-10,15-16H,11-14H2,1-3H3,(H2,26,31)(H,27,28). The number of carbonyl (C=O) groups excluding carboxylic acids is 2. The number of primary amides is 1. The number of amides is 2. The molecule has 1 aliphatic heterocycles. The lowest BCUT2D eigenvalue weighted by Crippen LogP contribution is -2.50. The molecule has 0 saturated carbocycles. The van der Waals surface area contributed by atoms with Gasteiger partial charge in [-0.15, -0.1) is 0 Å². The molecule has 0 unspecified atom stereocenters. The van der Waals surface area contributed by atoms with Crippen molar-refractivity contribution in [3.8, 4) is 0 Å². The number of nitrogens with one attached hydrogen (secondary N) is 1. The van der Waals surface area contributed by atoms with Crippen molar-refractivity contribution in [3.05, 3.63) is 60.3 Å². The van der Waals surface area contributed by atoms with Gasteiger partial charge in [-0.2, -0.15) is 0 Å². The summed E-state index contributed by atoms with van der Waals surface area (Å²) in [4.78, 5) is 32.9. The summed E-state index contributed by atoms with van der Waals surface area (Å²) in [6.45, 7) is 8.09. The average molecular weight is 448 g/mol. The summed E-state index contributed by atoms with van der Waals surface area (Å²) < 4.78 is 5.49. The van der Waals surface area contributed by atoms with E-state index >= 15 is 0 Å². The minimum atomic E-state index is -0.542. The van der Waals surface area contributed by atoms with E-state index in [2.05, 4.69) is 15.2 Å². The Morgan fingerprint density at radius 2 is 1.73 bits per heavy atom. The first-order chi connectivity index (χ1) is 15.7.